The maximum atomic E-state index is 6.22. The molecule has 0 fully saturated rings. The van der Waals surface area contributed by atoms with E-state index in [1.165, 1.54) is 5.56 Å². The van der Waals surface area contributed by atoms with E-state index in [2.05, 4.69) is 60.2 Å². The molecule has 0 saturated heterocycles. The van der Waals surface area contributed by atoms with E-state index in [4.69, 9.17) is 4.42 Å². The van der Waals surface area contributed by atoms with Gasteiger partial charge in [0.2, 0.25) is 0 Å². The van der Waals surface area contributed by atoms with E-state index in [9.17, 15) is 0 Å². The van der Waals surface area contributed by atoms with Crippen LogP contribution in [0.1, 0.15) is 36.7 Å². The first-order chi connectivity index (χ1) is 11.5. The van der Waals surface area contributed by atoms with Crippen molar-refractivity contribution in [2.45, 2.75) is 33.6 Å². The van der Waals surface area contributed by atoms with Crippen molar-refractivity contribution in [2.24, 2.45) is 0 Å². The minimum Gasteiger partial charge on any atom is -0.453 e. The molecule has 3 heterocycles. The molecule has 3 nitrogen and oxygen atoms in total. The second-order valence-electron chi connectivity index (χ2n) is 6.64. The van der Waals surface area contributed by atoms with Gasteiger partial charge in [0.25, 0.3) is 0 Å². The average Bonchev–Trinajstić information content (AvgIpc) is 2.94. The maximum Gasteiger partial charge on any atom is 0.156 e. The molecule has 0 amide bonds. The summed E-state index contributed by atoms with van der Waals surface area (Å²) >= 11 is 0. The molecule has 4 rings (SSSR count). The molecule has 3 aromatic heterocycles. The molecular formula is C21H20N2O. The summed E-state index contributed by atoms with van der Waals surface area (Å²) in [6.45, 7) is 8.40. The number of fused-ring (bicyclic) bond motifs is 3. The zero-order chi connectivity index (χ0) is 16.8. The van der Waals surface area contributed by atoms with E-state index in [-0.39, 0.29) is 0 Å². The van der Waals surface area contributed by atoms with Gasteiger partial charge < -0.3 is 4.42 Å². The van der Waals surface area contributed by atoms with Crippen LogP contribution in [0.3, 0.4) is 0 Å². The highest BCUT2D eigenvalue weighted by Crippen LogP contribution is 2.36. The number of nitrogens with zero attached hydrogens (tertiary/aromatic N) is 2. The molecule has 0 unspecified atom stereocenters. The van der Waals surface area contributed by atoms with E-state index in [1.54, 1.807) is 0 Å². The van der Waals surface area contributed by atoms with Gasteiger partial charge in [0, 0.05) is 28.2 Å². The Hall–Kier alpha value is -2.68. The van der Waals surface area contributed by atoms with Crippen molar-refractivity contribution in [3.8, 4) is 11.3 Å². The summed E-state index contributed by atoms with van der Waals surface area (Å²) in [4.78, 5) is 9.10. The van der Waals surface area contributed by atoms with Crippen molar-refractivity contribution in [3.05, 3.63) is 59.5 Å². The molecule has 120 valence electrons. The lowest BCUT2D eigenvalue weighted by molar-refractivity contribution is 0.663. The van der Waals surface area contributed by atoms with Gasteiger partial charge in [0.15, 0.2) is 5.58 Å². The fourth-order valence-corrected chi connectivity index (χ4v) is 3.26. The van der Waals surface area contributed by atoms with Crippen LogP contribution < -0.4 is 0 Å². The molecule has 1 aromatic carbocycles. The molecule has 0 atom stereocenters. The van der Waals surface area contributed by atoms with E-state index in [0.29, 0.717) is 5.92 Å². The molecule has 0 saturated carbocycles. The van der Waals surface area contributed by atoms with Crippen LogP contribution in [0.25, 0.3) is 33.2 Å². The molecule has 0 spiro atoms. The first-order valence-electron chi connectivity index (χ1n) is 8.30. The molecule has 0 bridgehead atoms. The molecule has 4 aromatic rings. The van der Waals surface area contributed by atoms with E-state index >= 15 is 0 Å². The first kappa shape index (κ1) is 14.9. The number of furan rings is 1. The summed E-state index contributed by atoms with van der Waals surface area (Å²) in [6.07, 6.45) is 1.88. The van der Waals surface area contributed by atoms with Gasteiger partial charge in [-0.3, -0.25) is 9.97 Å². The van der Waals surface area contributed by atoms with E-state index in [0.717, 1.165) is 44.6 Å². The maximum absolute atomic E-state index is 6.22. The summed E-state index contributed by atoms with van der Waals surface area (Å²) in [5, 5.41) is 2.24. The number of aryl methyl sites for hydroxylation is 2. The quantitative estimate of drug-likeness (QED) is 0.470. The van der Waals surface area contributed by atoms with Gasteiger partial charge in [-0.2, -0.15) is 0 Å². The number of aromatic nitrogens is 2. The Labute approximate surface area is 141 Å². The Kier molecular flexibility index (Phi) is 3.38. The third-order valence-corrected chi connectivity index (χ3v) is 4.51. The monoisotopic (exact) mass is 316 g/mol. The fourth-order valence-electron chi connectivity index (χ4n) is 3.26. The number of hydrogen-bond donors (Lipinski definition) is 0. The van der Waals surface area contributed by atoms with Gasteiger partial charge >= 0.3 is 0 Å². The smallest absolute Gasteiger partial charge is 0.156 e. The first-order valence-corrected chi connectivity index (χ1v) is 8.30. The number of pyridine rings is 2. The molecule has 0 radical (unpaired) electrons. The summed E-state index contributed by atoms with van der Waals surface area (Å²) in [5.74, 6) is 0.468. The number of hydrogen-bond acceptors (Lipinski definition) is 3. The lowest BCUT2D eigenvalue weighted by atomic mass is 10.0. The summed E-state index contributed by atoms with van der Waals surface area (Å²) in [6, 6.07) is 12.6. The van der Waals surface area contributed by atoms with E-state index in [1.807, 2.05) is 20.0 Å². The minimum atomic E-state index is 0.468. The predicted octanol–water partition coefficient (Wildman–Crippen LogP) is 5.78. The Morgan fingerprint density at radius 2 is 1.79 bits per heavy atom. The van der Waals surface area contributed by atoms with E-state index < -0.39 is 0 Å². The minimum absolute atomic E-state index is 0.468. The third-order valence-electron chi connectivity index (χ3n) is 4.51. The van der Waals surface area contributed by atoms with Crippen LogP contribution in [0, 0.1) is 13.8 Å². The largest absolute Gasteiger partial charge is 0.453 e. The van der Waals surface area contributed by atoms with Crippen molar-refractivity contribution in [2.75, 3.05) is 0 Å². The van der Waals surface area contributed by atoms with Gasteiger partial charge in [0.05, 0.1) is 11.4 Å². The topological polar surface area (TPSA) is 38.9 Å². The van der Waals surface area contributed by atoms with Gasteiger partial charge in [-0.25, -0.2) is 0 Å². The Morgan fingerprint density at radius 1 is 0.958 bits per heavy atom. The van der Waals surface area contributed by atoms with Gasteiger partial charge in [-0.05, 0) is 49.6 Å². The Bertz CT molecular complexity index is 1060. The lowest BCUT2D eigenvalue weighted by Crippen LogP contribution is -1.90. The van der Waals surface area contributed by atoms with Crippen molar-refractivity contribution < 1.29 is 4.42 Å². The molecule has 24 heavy (non-hydrogen) atoms. The summed E-state index contributed by atoms with van der Waals surface area (Å²) in [7, 11) is 0. The highest BCUT2D eigenvalue weighted by molar-refractivity contribution is 6.09. The second-order valence-corrected chi connectivity index (χ2v) is 6.64. The normalized spacial score (nSPS) is 11.7. The van der Waals surface area contributed by atoms with Crippen LogP contribution in [-0.4, -0.2) is 9.97 Å². The van der Waals surface area contributed by atoms with Crippen molar-refractivity contribution in [1.29, 1.82) is 0 Å². The van der Waals surface area contributed by atoms with Crippen LogP contribution in [0.15, 0.2) is 47.0 Å². The standard InChI is InChI=1S/C21H20N2O/c1-12(2)15-8-9-22-19(11-15)17-7-5-6-16-18-10-13(3)23-14(4)20(18)24-21(16)17/h5-12H,1-4H3. The lowest BCUT2D eigenvalue weighted by Gasteiger charge is -2.07. The van der Waals surface area contributed by atoms with Crippen LogP contribution in [0.4, 0.5) is 0 Å². The van der Waals surface area contributed by atoms with Crippen molar-refractivity contribution in [1.82, 2.24) is 9.97 Å². The molecule has 0 aliphatic rings. The van der Waals surface area contributed by atoms with Crippen LogP contribution >= 0.6 is 0 Å². The average molecular weight is 316 g/mol. The highest BCUT2D eigenvalue weighted by Gasteiger charge is 2.15. The molecule has 0 aliphatic heterocycles. The van der Waals surface area contributed by atoms with Crippen LogP contribution in [0.5, 0.6) is 0 Å². The van der Waals surface area contributed by atoms with Gasteiger partial charge in [-0.1, -0.05) is 26.0 Å². The number of benzene rings is 1. The van der Waals surface area contributed by atoms with Crippen LogP contribution in [0.2, 0.25) is 0 Å². The molecule has 3 heteroatoms. The Balaban J connectivity index is 2.03. The molecule has 0 N–H and O–H groups in total. The van der Waals surface area contributed by atoms with Crippen molar-refractivity contribution in [3.63, 3.8) is 0 Å². The fraction of sp³-hybridized carbons (Fsp3) is 0.238. The molecule has 0 aliphatic carbocycles. The van der Waals surface area contributed by atoms with Crippen LogP contribution in [-0.2, 0) is 0 Å². The van der Waals surface area contributed by atoms with Gasteiger partial charge in [0.1, 0.15) is 5.58 Å². The Morgan fingerprint density at radius 3 is 2.58 bits per heavy atom. The number of rotatable bonds is 2. The third kappa shape index (κ3) is 2.28. The second kappa shape index (κ2) is 5.45. The van der Waals surface area contributed by atoms with Gasteiger partial charge in [-0.15, -0.1) is 0 Å². The predicted molar refractivity (Wildman–Crippen MR) is 98.3 cm³/mol. The summed E-state index contributed by atoms with van der Waals surface area (Å²) < 4.78 is 6.22. The SMILES string of the molecule is Cc1cc2c(oc3c(-c4cc(C(C)C)ccn4)cccc32)c(C)n1. The molecular weight excluding hydrogens is 296 g/mol. The number of para-hydroxylation sites is 1. The zero-order valence-electron chi connectivity index (χ0n) is 14.4. The van der Waals surface area contributed by atoms with Crippen molar-refractivity contribution >= 4 is 21.9 Å². The summed E-state index contributed by atoms with van der Waals surface area (Å²) in [5.41, 5.74) is 6.95. The highest BCUT2D eigenvalue weighted by atomic mass is 16.3. The zero-order valence-corrected chi connectivity index (χ0v) is 14.4.